The maximum absolute atomic E-state index is 11.2. The van der Waals surface area contributed by atoms with E-state index in [2.05, 4.69) is 10.4 Å². The molecular weight excluding hydrogens is 182 g/mol. The number of hydrogen-bond donors (Lipinski definition) is 1. The minimum atomic E-state index is -0.182. The van der Waals surface area contributed by atoms with E-state index in [1.807, 2.05) is 0 Å². The van der Waals surface area contributed by atoms with Gasteiger partial charge in [0.1, 0.15) is 5.78 Å². The molecule has 0 aliphatic heterocycles. The van der Waals surface area contributed by atoms with Crippen molar-refractivity contribution in [1.82, 2.24) is 9.78 Å². The normalized spacial score (nSPS) is 9.86. The van der Waals surface area contributed by atoms with Crippen molar-refractivity contribution in [2.45, 2.75) is 19.8 Å². The highest BCUT2D eigenvalue weighted by Crippen LogP contribution is 2.02. The van der Waals surface area contributed by atoms with Gasteiger partial charge in [-0.25, -0.2) is 0 Å². The van der Waals surface area contributed by atoms with Gasteiger partial charge in [0.15, 0.2) is 5.82 Å². The lowest BCUT2D eigenvalue weighted by atomic mass is 10.2. The fraction of sp³-hybridized carbons (Fsp3) is 0.444. The molecule has 5 heteroatoms. The lowest BCUT2D eigenvalue weighted by molar-refractivity contribution is -0.121. The highest BCUT2D eigenvalue weighted by molar-refractivity contribution is 5.92. The largest absolute Gasteiger partial charge is 0.309 e. The second kappa shape index (κ2) is 4.55. The molecule has 0 spiro atoms. The van der Waals surface area contributed by atoms with Gasteiger partial charge in [-0.15, -0.1) is 0 Å². The quantitative estimate of drug-likeness (QED) is 0.770. The zero-order valence-corrected chi connectivity index (χ0v) is 8.28. The molecule has 0 saturated heterocycles. The molecule has 5 nitrogen and oxygen atoms in total. The summed E-state index contributed by atoms with van der Waals surface area (Å²) in [4.78, 5) is 21.8. The molecule has 0 saturated carbocycles. The Balaban J connectivity index is 2.37. The van der Waals surface area contributed by atoms with Crippen LogP contribution in [0.2, 0.25) is 0 Å². The fourth-order valence-corrected chi connectivity index (χ4v) is 0.977. The predicted molar refractivity (Wildman–Crippen MR) is 51.8 cm³/mol. The summed E-state index contributed by atoms with van der Waals surface area (Å²) in [6.45, 7) is 1.47. The Morgan fingerprint density at radius 1 is 1.50 bits per heavy atom. The number of Topliss-reactive ketones (excluding diaryl/α,β-unsaturated/α-hetero) is 1. The van der Waals surface area contributed by atoms with Gasteiger partial charge in [0.2, 0.25) is 5.91 Å². The summed E-state index contributed by atoms with van der Waals surface area (Å²) in [5, 5.41) is 6.57. The molecule has 0 bridgehead atoms. The van der Waals surface area contributed by atoms with E-state index in [0.29, 0.717) is 5.82 Å². The highest BCUT2D eigenvalue weighted by Gasteiger charge is 2.05. The van der Waals surface area contributed by atoms with Crippen LogP contribution in [0.15, 0.2) is 12.3 Å². The number of nitrogens with one attached hydrogen (secondary N) is 1. The van der Waals surface area contributed by atoms with Crippen LogP contribution in [0.25, 0.3) is 0 Å². The first kappa shape index (κ1) is 10.4. The molecule has 1 N–H and O–H groups in total. The first-order valence-electron chi connectivity index (χ1n) is 4.37. The molecule has 1 rings (SSSR count). The topological polar surface area (TPSA) is 64.0 Å². The Morgan fingerprint density at radius 3 is 2.71 bits per heavy atom. The summed E-state index contributed by atoms with van der Waals surface area (Å²) in [5.41, 5.74) is 0. The van der Waals surface area contributed by atoms with Crippen LogP contribution < -0.4 is 5.32 Å². The SMILES string of the molecule is CC(=O)CCC(=O)Nc1ccn(C)n1. The number of aromatic nitrogens is 2. The summed E-state index contributed by atoms with van der Waals surface area (Å²) in [6.07, 6.45) is 2.23. The first-order valence-corrected chi connectivity index (χ1v) is 4.37. The van der Waals surface area contributed by atoms with Gasteiger partial charge in [-0.05, 0) is 6.92 Å². The minimum absolute atomic E-state index is 0.0150. The average Bonchev–Trinajstić information content (AvgIpc) is 2.48. The molecule has 0 atom stereocenters. The lowest BCUT2D eigenvalue weighted by Gasteiger charge is -1.99. The van der Waals surface area contributed by atoms with Gasteiger partial charge in [-0.2, -0.15) is 5.10 Å². The monoisotopic (exact) mass is 195 g/mol. The Hall–Kier alpha value is -1.65. The number of ketones is 1. The molecule has 0 aliphatic carbocycles. The smallest absolute Gasteiger partial charge is 0.226 e. The molecule has 0 aromatic carbocycles. The van der Waals surface area contributed by atoms with Gasteiger partial charge in [0.25, 0.3) is 0 Å². The van der Waals surface area contributed by atoms with E-state index in [-0.39, 0.29) is 24.5 Å². The van der Waals surface area contributed by atoms with Crippen molar-refractivity contribution in [2.24, 2.45) is 7.05 Å². The van der Waals surface area contributed by atoms with Gasteiger partial charge in [0, 0.05) is 32.2 Å². The minimum Gasteiger partial charge on any atom is -0.309 e. The molecule has 1 heterocycles. The summed E-state index contributed by atoms with van der Waals surface area (Å²) in [7, 11) is 1.77. The number of hydrogen-bond acceptors (Lipinski definition) is 3. The second-order valence-corrected chi connectivity index (χ2v) is 3.12. The van der Waals surface area contributed by atoms with E-state index in [4.69, 9.17) is 0 Å². The molecule has 0 radical (unpaired) electrons. The van der Waals surface area contributed by atoms with Crippen molar-refractivity contribution < 1.29 is 9.59 Å². The van der Waals surface area contributed by atoms with Crippen molar-refractivity contribution >= 4 is 17.5 Å². The molecule has 0 unspecified atom stereocenters. The van der Waals surface area contributed by atoms with Crippen molar-refractivity contribution in [3.05, 3.63) is 12.3 Å². The lowest BCUT2D eigenvalue weighted by Crippen LogP contribution is -2.13. The molecule has 1 amide bonds. The molecule has 76 valence electrons. The van der Waals surface area contributed by atoms with Crippen LogP contribution in [0.1, 0.15) is 19.8 Å². The Kier molecular flexibility index (Phi) is 3.39. The van der Waals surface area contributed by atoms with Crippen LogP contribution in [0.5, 0.6) is 0 Å². The standard InChI is InChI=1S/C9H13N3O2/c1-7(13)3-4-9(14)10-8-5-6-12(2)11-8/h5-6H,3-4H2,1-2H3,(H,10,11,14). The van der Waals surface area contributed by atoms with E-state index >= 15 is 0 Å². The van der Waals surface area contributed by atoms with Crippen LogP contribution in [0.4, 0.5) is 5.82 Å². The molecule has 14 heavy (non-hydrogen) atoms. The highest BCUT2D eigenvalue weighted by atomic mass is 16.2. The van der Waals surface area contributed by atoms with Gasteiger partial charge in [0.05, 0.1) is 0 Å². The third-order valence-corrected chi connectivity index (χ3v) is 1.69. The Bertz CT molecular complexity index is 344. The summed E-state index contributed by atoms with van der Waals surface area (Å²) < 4.78 is 1.60. The van der Waals surface area contributed by atoms with E-state index in [9.17, 15) is 9.59 Å². The van der Waals surface area contributed by atoms with Crippen LogP contribution in [-0.2, 0) is 16.6 Å². The predicted octanol–water partition coefficient (Wildman–Crippen LogP) is 0.728. The second-order valence-electron chi connectivity index (χ2n) is 3.12. The van der Waals surface area contributed by atoms with Crippen molar-refractivity contribution in [2.75, 3.05) is 5.32 Å². The molecular formula is C9H13N3O2. The first-order chi connectivity index (χ1) is 6.58. The van der Waals surface area contributed by atoms with Crippen LogP contribution in [-0.4, -0.2) is 21.5 Å². The fourth-order valence-electron chi connectivity index (χ4n) is 0.977. The number of carbonyl (C=O) groups excluding carboxylic acids is 2. The summed E-state index contributed by atoms with van der Waals surface area (Å²) >= 11 is 0. The summed E-state index contributed by atoms with van der Waals surface area (Å²) in [6, 6.07) is 1.70. The van der Waals surface area contributed by atoms with Crippen LogP contribution >= 0.6 is 0 Å². The molecule has 0 fully saturated rings. The average molecular weight is 195 g/mol. The number of amides is 1. The van der Waals surface area contributed by atoms with Crippen LogP contribution in [0.3, 0.4) is 0 Å². The van der Waals surface area contributed by atoms with Gasteiger partial charge in [-0.3, -0.25) is 9.48 Å². The van der Waals surface area contributed by atoms with E-state index < -0.39 is 0 Å². The number of nitrogens with zero attached hydrogens (tertiary/aromatic N) is 2. The Labute approximate surface area is 82.1 Å². The van der Waals surface area contributed by atoms with E-state index in [1.165, 1.54) is 6.92 Å². The van der Waals surface area contributed by atoms with Crippen molar-refractivity contribution in [1.29, 1.82) is 0 Å². The summed E-state index contributed by atoms with van der Waals surface area (Å²) in [5.74, 6) is 0.348. The van der Waals surface area contributed by atoms with Gasteiger partial charge < -0.3 is 10.1 Å². The molecule has 0 aliphatic rings. The van der Waals surface area contributed by atoms with Crippen molar-refractivity contribution in [3.63, 3.8) is 0 Å². The maximum Gasteiger partial charge on any atom is 0.226 e. The zero-order chi connectivity index (χ0) is 10.6. The van der Waals surface area contributed by atoms with Crippen LogP contribution in [0, 0.1) is 0 Å². The van der Waals surface area contributed by atoms with Crippen molar-refractivity contribution in [3.8, 4) is 0 Å². The number of rotatable bonds is 4. The third kappa shape index (κ3) is 3.38. The van der Waals surface area contributed by atoms with Gasteiger partial charge >= 0.3 is 0 Å². The number of anilines is 1. The maximum atomic E-state index is 11.2. The number of aryl methyl sites for hydroxylation is 1. The number of carbonyl (C=O) groups is 2. The van der Waals surface area contributed by atoms with Gasteiger partial charge in [-0.1, -0.05) is 0 Å². The van der Waals surface area contributed by atoms with E-state index in [0.717, 1.165) is 0 Å². The molecule has 1 aromatic heterocycles. The zero-order valence-electron chi connectivity index (χ0n) is 8.28. The molecule has 1 aromatic rings. The Morgan fingerprint density at radius 2 is 2.21 bits per heavy atom. The van der Waals surface area contributed by atoms with E-state index in [1.54, 1.807) is 24.0 Å². The third-order valence-electron chi connectivity index (χ3n) is 1.69.